The van der Waals surface area contributed by atoms with Gasteiger partial charge in [-0.25, -0.2) is 4.68 Å². The average Bonchev–Trinajstić information content (AvgIpc) is 3.77. The predicted octanol–water partition coefficient (Wildman–Crippen LogP) is 8.85. The Balaban J connectivity index is 1.02. The molecule has 0 radical (unpaired) electrons. The number of anilines is 2. The summed E-state index contributed by atoms with van der Waals surface area (Å²) in [7, 11) is 0. The second-order valence-corrected chi connectivity index (χ2v) is 17.8. The van der Waals surface area contributed by atoms with Crippen LogP contribution in [0.1, 0.15) is 120 Å². The Bertz CT molecular complexity index is 2090. The number of amides is 1. The van der Waals surface area contributed by atoms with Gasteiger partial charge in [-0.1, -0.05) is 70.3 Å². The summed E-state index contributed by atoms with van der Waals surface area (Å²) in [6, 6.07) is 21.4. The van der Waals surface area contributed by atoms with Crippen molar-refractivity contribution >= 4 is 48.6 Å². The zero-order chi connectivity index (χ0) is 37.3. The summed E-state index contributed by atoms with van der Waals surface area (Å²) in [5.41, 5.74) is 5.68. The number of aromatic nitrogens is 5. The van der Waals surface area contributed by atoms with Crippen molar-refractivity contribution in [2.24, 2.45) is 0 Å². The van der Waals surface area contributed by atoms with Gasteiger partial charge in [-0.2, -0.15) is 5.10 Å². The van der Waals surface area contributed by atoms with Crippen molar-refractivity contribution in [2.75, 3.05) is 10.2 Å². The maximum atomic E-state index is 13.4. The van der Waals surface area contributed by atoms with Crippen molar-refractivity contribution in [3.63, 3.8) is 0 Å². The molecule has 11 heteroatoms. The number of halogens is 1. The van der Waals surface area contributed by atoms with Gasteiger partial charge < -0.3 is 20.1 Å². The minimum absolute atomic E-state index is 0.0304. The molecule has 1 fully saturated rings. The summed E-state index contributed by atoms with van der Waals surface area (Å²) in [6.45, 7) is 10.8. The van der Waals surface area contributed by atoms with Gasteiger partial charge in [0.1, 0.15) is 17.7 Å². The topological polar surface area (TPSA) is 110 Å². The van der Waals surface area contributed by atoms with Gasteiger partial charge in [0.2, 0.25) is 11.9 Å². The van der Waals surface area contributed by atoms with Crippen LogP contribution in [0.25, 0.3) is 11.3 Å². The van der Waals surface area contributed by atoms with E-state index in [0.29, 0.717) is 30.2 Å². The highest BCUT2D eigenvalue weighted by Crippen LogP contribution is 2.42. The molecule has 3 aromatic heterocycles. The van der Waals surface area contributed by atoms with Crippen LogP contribution in [0.3, 0.4) is 0 Å². The second-order valence-electron chi connectivity index (χ2n) is 15.8. The number of carbonyl (C=O) groups excluding carboxylic acids is 1. The third-order valence-electron chi connectivity index (χ3n) is 10.8. The van der Waals surface area contributed by atoms with Crippen molar-refractivity contribution < 1.29 is 14.6 Å². The van der Waals surface area contributed by atoms with Crippen LogP contribution in [0.5, 0.6) is 5.75 Å². The Hall–Kier alpha value is -4.10. The summed E-state index contributed by atoms with van der Waals surface area (Å²) in [5.74, 6) is 2.67. The van der Waals surface area contributed by atoms with Crippen molar-refractivity contribution in [1.82, 2.24) is 24.4 Å². The predicted molar refractivity (Wildman–Crippen MR) is 221 cm³/mol. The Morgan fingerprint density at radius 2 is 1.77 bits per heavy atom. The molecule has 10 nitrogen and oxygen atoms in total. The molecule has 2 N–H and O–H groups in total. The van der Waals surface area contributed by atoms with Crippen molar-refractivity contribution in [3.05, 3.63) is 92.8 Å². The lowest BCUT2D eigenvalue weighted by atomic mass is 9.79. The van der Waals surface area contributed by atoms with Crippen molar-refractivity contribution in [1.29, 1.82) is 0 Å². The first-order valence-electron chi connectivity index (χ1n) is 18.9. The molecule has 1 saturated heterocycles. The molecule has 2 aromatic carbocycles. The fourth-order valence-electron chi connectivity index (χ4n) is 8.02. The third-order valence-corrected chi connectivity index (χ3v) is 12.3. The standard InChI is InChI=1S/C42H52IN7O3/c1-27-11-9-12-28(2)49(27)41-46-45-38-20-18-33(25-48(38)41)53-36-19-17-30(34-14-7-8-15-35(34)36)13-10-16-40(52)44-39-24-37(42(3,4)5)47-50(39)32-22-29(26-51)21-31(23-32)43-6/h7-8,14-15,18,20-25,27-28,30,36,51H,6,9-13,16-17,19,26H2,1-5H3,(H,44,52)/t27-,28+,30?,36-/m1/s1. The normalized spacial score (nSPS) is 20.4. The number of hydrogen-bond acceptors (Lipinski definition) is 7. The van der Waals surface area contributed by atoms with E-state index >= 15 is 0 Å². The van der Waals surface area contributed by atoms with Crippen LogP contribution in [-0.4, -0.2) is 52.0 Å². The number of nitrogens with one attached hydrogen (secondary N) is 1. The van der Waals surface area contributed by atoms with E-state index in [1.54, 1.807) is 4.68 Å². The summed E-state index contributed by atoms with van der Waals surface area (Å²) >= 11 is -0.432. The van der Waals surface area contributed by atoms with Gasteiger partial charge in [-0.3, -0.25) is 9.20 Å². The van der Waals surface area contributed by atoms with E-state index in [-0.39, 0.29) is 24.0 Å². The fraction of sp³-hybridized carbons (Fsp3) is 0.452. The van der Waals surface area contributed by atoms with E-state index in [1.807, 2.05) is 36.5 Å². The van der Waals surface area contributed by atoms with E-state index in [4.69, 9.17) is 9.84 Å². The van der Waals surface area contributed by atoms with E-state index in [1.165, 1.54) is 17.5 Å². The summed E-state index contributed by atoms with van der Waals surface area (Å²) in [4.78, 5) is 15.9. The largest absolute Gasteiger partial charge is 0.484 e. The molecule has 53 heavy (non-hydrogen) atoms. The quantitative estimate of drug-likeness (QED) is 0.128. The number of rotatable bonds is 11. The first-order chi connectivity index (χ1) is 25.5. The second kappa shape index (κ2) is 15.7. The van der Waals surface area contributed by atoms with Gasteiger partial charge in [0, 0.05) is 33.6 Å². The van der Waals surface area contributed by atoms with Crippen LogP contribution in [0.2, 0.25) is 0 Å². The molecule has 5 aromatic rings. The molecule has 4 heterocycles. The number of aliphatic hydroxyl groups excluding tert-OH is 1. The zero-order valence-corrected chi connectivity index (χ0v) is 33.7. The number of ether oxygens (including phenoxy) is 1. The minimum Gasteiger partial charge on any atom is -0.484 e. The SMILES string of the molecule is C=Ic1cc(CO)cc(-n2nc(C(C)(C)C)cc2NC(=O)CCCC2CC[C@@H](Oc3ccc4nnc(N5[C@H](C)CCC[C@@H]5C)n4c3)c3ccccc32)c1. The molecule has 1 aliphatic carbocycles. The monoisotopic (exact) mass is 829 g/mol. The van der Waals surface area contributed by atoms with Crippen molar-refractivity contribution in [2.45, 2.75) is 122 Å². The first-order valence-corrected chi connectivity index (χ1v) is 21.6. The van der Waals surface area contributed by atoms with Crippen LogP contribution in [0.15, 0.2) is 66.9 Å². The Morgan fingerprint density at radius 3 is 2.51 bits per heavy atom. The number of nitrogens with zero attached hydrogens (tertiary/aromatic N) is 6. The van der Waals surface area contributed by atoms with E-state index in [0.717, 1.165) is 76.4 Å². The number of fused-ring (bicyclic) bond motifs is 2. The number of hydrogen-bond donors (Lipinski definition) is 2. The van der Waals surface area contributed by atoms with E-state index in [2.05, 4.69) is 94.3 Å². The zero-order valence-electron chi connectivity index (χ0n) is 31.6. The lowest BCUT2D eigenvalue weighted by molar-refractivity contribution is -0.116. The lowest BCUT2D eigenvalue weighted by Gasteiger charge is -2.39. The molecular formula is C42H52IN7O3. The molecule has 1 amide bonds. The highest BCUT2D eigenvalue weighted by molar-refractivity contribution is 14.2. The van der Waals surface area contributed by atoms with Crippen LogP contribution in [-0.2, 0) is 16.8 Å². The molecule has 4 atom stereocenters. The number of aliphatic hydroxyl groups is 1. The highest BCUT2D eigenvalue weighted by atomic mass is 127. The fourth-order valence-corrected chi connectivity index (χ4v) is 9.18. The van der Waals surface area contributed by atoms with Crippen LogP contribution >= 0.6 is 20.7 Å². The van der Waals surface area contributed by atoms with Crippen LogP contribution in [0, 0.1) is 3.57 Å². The smallest absolute Gasteiger partial charge is 0.232 e. The highest BCUT2D eigenvalue weighted by Gasteiger charge is 2.31. The van der Waals surface area contributed by atoms with Gasteiger partial charge in [0.25, 0.3) is 0 Å². The maximum absolute atomic E-state index is 13.4. The van der Waals surface area contributed by atoms with Gasteiger partial charge in [0.15, 0.2) is 5.65 Å². The summed E-state index contributed by atoms with van der Waals surface area (Å²) < 4.78 is 15.9. The lowest BCUT2D eigenvalue weighted by Crippen LogP contribution is -2.44. The average molecular weight is 830 g/mol. The Labute approximate surface area is 322 Å². The Kier molecular flexibility index (Phi) is 11.0. The molecule has 0 saturated carbocycles. The molecule has 7 rings (SSSR count). The van der Waals surface area contributed by atoms with Gasteiger partial charge in [-0.15, -0.1) is 10.2 Å². The number of piperidine rings is 1. The molecule has 2 aliphatic rings. The number of pyridine rings is 1. The van der Waals surface area contributed by atoms with Crippen molar-refractivity contribution in [3.8, 4) is 11.4 Å². The summed E-state index contributed by atoms with van der Waals surface area (Å²) in [6.07, 6.45) is 9.55. The van der Waals surface area contributed by atoms with Gasteiger partial charge in [0.05, 0.1) is 24.2 Å². The number of benzene rings is 2. The number of carbonyl (C=O) groups is 1. The van der Waals surface area contributed by atoms with E-state index < -0.39 is 20.7 Å². The minimum atomic E-state index is -0.432. The molecule has 280 valence electrons. The van der Waals surface area contributed by atoms with Crippen LogP contribution < -0.4 is 15.0 Å². The molecule has 1 aliphatic heterocycles. The summed E-state index contributed by atoms with van der Waals surface area (Å²) in [5, 5.41) is 27.0. The van der Waals surface area contributed by atoms with Gasteiger partial charge >= 0.3 is 0 Å². The van der Waals surface area contributed by atoms with Crippen LogP contribution in [0.4, 0.5) is 11.8 Å². The Morgan fingerprint density at radius 1 is 1.00 bits per heavy atom. The third kappa shape index (κ3) is 8.06. The molecule has 0 bridgehead atoms. The maximum Gasteiger partial charge on any atom is 0.232 e. The molecular weight excluding hydrogens is 777 g/mol. The first kappa shape index (κ1) is 37.2. The van der Waals surface area contributed by atoms with E-state index in [9.17, 15) is 9.90 Å². The molecule has 0 spiro atoms. The van der Waals surface area contributed by atoms with Gasteiger partial charge in [-0.05, 0) is 112 Å². The molecule has 1 unspecified atom stereocenters.